The van der Waals surface area contributed by atoms with Crippen molar-refractivity contribution in [3.8, 4) is 0 Å². The quantitative estimate of drug-likeness (QED) is 0.750. The summed E-state index contributed by atoms with van der Waals surface area (Å²) in [5.74, 6) is 0. The van der Waals surface area contributed by atoms with Gasteiger partial charge in [0.05, 0.1) is 0 Å². The van der Waals surface area contributed by atoms with Crippen molar-refractivity contribution in [2.75, 3.05) is 6.61 Å². The Hall–Kier alpha value is -0.380. The van der Waals surface area contributed by atoms with Gasteiger partial charge >= 0.3 is 0 Å². The molecule has 0 aliphatic rings. The van der Waals surface area contributed by atoms with E-state index in [0.717, 1.165) is 19.3 Å². The van der Waals surface area contributed by atoms with Gasteiger partial charge in [0.25, 0.3) is 0 Å². The van der Waals surface area contributed by atoms with Crippen LogP contribution in [0.1, 0.15) is 32.3 Å². The third kappa shape index (κ3) is 5.30. The lowest BCUT2D eigenvalue weighted by molar-refractivity contribution is 0.274. The van der Waals surface area contributed by atoms with E-state index in [0.29, 0.717) is 18.7 Å². The number of rotatable bonds is 7. The van der Waals surface area contributed by atoms with Crippen LogP contribution in [0.25, 0.3) is 0 Å². The molecule has 3 heteroatoms. The van der Waals surface area contributed by atoms with Crippen molar-refractivity contribution < 1.29 is 5.11 Å². The molecule has 86 valence electrons. The Kier molecular flexibility index (Phi) is 5.91. The van der Waals surface area contributed by atoms with Crippen LogP contribution in [0.3, 0.4) is 0 Å². The molecule has 2 atom stereocenters. The van der Waals surface area contributed by atoms with Crippen LogP contribution < -0.4 is 5.32 Å². The second kappa shape index (κ2) is 6.99. The van der Waals surface area contributed by atoms with E-state index < -0.39 is 0 Å². The largest absolute Gasteiger partial charge is 0.396 e. The number of aliphatic hydroxyl groups is 1. The smallest absolute Gasteiger partial charge is 0.0431 e. The fourth-order valence-electron chi connectivity index (χ4n) is 1.79. The van der Waals surface area contributed by atoms with Gasteiger partial charge in [-0.3, -0.25) is 0 Å². The molecule has 2 unspecified atom stereocenters. The lowest BCUT2D eigenvalue weighted by Crippen LogP contribution is -2.35. The highest BCUT2D eigenvalue weighted by Crippen LogP contribution is 2.09. The Balaban J connectivity index is 2.20. The Morgan fingerprint density at radius 2 is 2.20 bits per heavy atom. The van der Waals surface area contributed by atoms with E-state index in [1.807, 2.05) is 0 Å². The predicted octanol–water partition coefficient (Wildman–Crippen LogP) is 2.43. The standard InChI is InChI=1S/C12H21NOS/c1-10(4-3-6-14)13-11(2)8-12-5-7-15-9-12/h5,7,9-11,13-14H,3-4,6,8H2,1-2H3. The molecular weight excluding hydrogens is 206 g/mol. The van der Waals surface area contributed by atoms with E-state index in [4.69, 9.17) is 5.11 Å². The lowest BCUT2D eigenvalue weighted by atomic mass is 10.1. The number of hydrogen-bond acceptors (Lipinski definition) is 3. The van der Waals surface area contributed by atoms with Crippen molar-refractivity contribution in [3.63, 3.8) is 0 Å². The monoisotopic (exact) mass is 227 g/mol. The average molecular weight is 227 g/mol. The number of aliphatic hydroxyl groups excluding tert-OH is 1. The molecule has 1 aromatic heterocycles. The molecule has 0 fully saturated rings. The minimum atomic E-state index is 0.297. The first-order chi connectivity index (χ1) is 7.22. The van der Waals surface area contributed by atoms with Crippen LogP contribution in [0.15, 0.2) is 16.8 Å². The summed E-state index contributed by atoms with van der Waals surface area (Å²) in [7, 11) is 0. The van der Waals surface area contributed by atoms with Gasteiger partial charge in [0.15, 0.2) is 0 Å². The summed E-state index contributed by atoms with van der Waals surface area (Å²) in [4.78, 5) is 0. The molecule has 0 saturated carbocycles. The van der Waals surface area contributed by atoms with Gasteiger partial charge in [-0.15, -0.1) is 0 Å². The van der Waals surface area contributed by atoms with Crippen LogP contribution in [0.4, 0.5) is 0 Å². The summed E-state index contributed by atoms with van der Waals surface area (Å²) in [6.07, 6.45) is 3.02. The van der Waals surface area contributed by atoms with Crippen molar-refractivity contribution in [2.24, 2.45) is 0 Å². The number of nitrogens with one attached hydrogen (secondary N) is 1. The molecular formula is C12H21NOS. The zero-order chi connectivity index (χ0) is 11.1. The van der Waals surface area contributed by atoms with E-state index in [9.17, 15) is 0 Å². The molecule has 0 radical (unpaired) electrons. The summed E-state index contributed by atoms with van der Waals surface area (Å²) in [6, 6.07) is 3.18. The highest BCUT2D eigenvalue weighted by atomic mass is 32.1. The Morgan fingerprint density at radius 1 is 1.40 bits per heavy atom. The zero-order valence-electron chi connectivity index (χ0n) is 9.57. The average Bonchev–Trinajstić information content (AvgIpc) is 2.67. The normalized spacial score (nSPS) is 15.1. The molecule has 1 rings (SSSR count). The zero-order valence-corrected chi connectivity index (χ0v) is 10.4. The first-order valence-corrected chi connectivity index (χ1v) is 6.54. The topological polar surface area (TPSA) is 32.3 Å². The first kappa shape index (κ1) is 12.7. The van der Waals surface area contributed by atoms with Gasteiger partial charge in [0.2, 0.25) is 0 Å². The van der Waals surface area contributed by atoms with Crippen LogP contribution in [0.5, 0.6) is 0 Å². The Bertz CT molecular complexity index is 248. The molecule has 0 amide bonds. The van der Waals surface area contributed by atoms with Crippen molar-refractivity contribution in [1.82, 2.24) is 5.32 Å². The van der Waals surface area contributed by atoms with Gasteiger partial charge in [-0.2, -0.15) is 11.3 Å². The van der Waals surface area contributed by atoms with Crippen LogP contribution in [0.2, 0.25) is 0 Å². The van der Waals surface area contributed by atoms with Crippen LogP contribution in [-0.4, -0.2) is 23.8 Å². The lowest BCUT2D eigenvalue weighted by Gasteiger charge is -2.19. The van der Waals surface area contributed by atoms with E-state index in [-0.39, 0.29) is 0 Å². The van der Waals surface area contributed by atoms with Gasteiger partial charge in [0.1, 0.15) is 0 Å². The minimum absolute atomic E-state index is 0.297. The minimum Gasteiger partial charge on any atom is -0.396 e. The fraction of sp³-hybridized carbons (Fsp3) is 0.667. The molecule has 1 heterocycles. The molecule has 0 aliphatic carbocycles. The van der Waals surface area contributed by atoms with Gasteiger partial charge in [-0.25, -0.2) is 0 Å². The van der Waals surface area contributed by atoms with Crippen molar-refractivity contribution in [3.05, 3.63) is 22.4 Å². The van der Waals surface area contributed by atoms with Crippen molar-refractivity contribution in [1.29, 1.82) is 0 Å². The maximum atomic E-state index is 8.73. The van der Waals surface area contributed by atoms with Gasteiger partial charge < -0.3 is 10.4 Å². The van der Waals surface area contributed by atoms with Crippen LogP contribution in [0, 0.1) is 0 Å². The maximum absolute atomic E-state index is 8.73. The highest BCUT2D eigenvalue weighted by molar-refractivity contribution is 7.07. The molecule has 15 heavy (non-hydrogen) atoms. The van der Waals surface area contributed by atoms with E-state index in [1.165, 1.54) is 5.56 Å². The van der Waals surface area contributed by atoms with Crippen LogP contribution in [-0.2, 0) is 6.42 Å². The molecule has 0 spiro atoms. The van der Waals surface area contributed by atoms with E-state index in [1.54, 1.807) is 11.3 Å². The summed E-state index contributed by atoms with van der Waals surface area (Å²) < 4.78 is 0. The Labute approximate surface area is 96.3 Å². The number of hydrogen-bond donors (Lipinski definition) is 2. The first-order valence-electron chi connectivity index (χ1n) is 5.60. The van der Waals surface area contributed by atoms with E-state index in [2.05, 4.69) is 36.0 Å². The predicted molar refractivity (Wildman–Crippen MR) is 66.4 cm³/mol. The SMILES string of the molecule is CC(CCCO)NC(C)Cc1ccsc1. The fourth-order valence-corrected chi connectivity index (χ4v) is 2.47. The molecule has 1 aromatic rings. The van der Waals surface area contributed by atoms with Gasteiger partial charge in [0, 0.05) is 18.7 Å². The maximum Gasteiger partial charge on any atom is 0.0431 e. The molecule has 0 aliphatic heterocycles. The third-order valence-corrected chi connectivity index (χ3v) is 3.22. The number of thiophene rings is 1. The third-order valence-electron chi connectivity index (χ3n) is 2.49. The summed E-state index contributed by atoms with van der Waals surface area (Å²) in [6.45, 7) is 4.69. The van der Waals surface area contributed by atoms with Gasteiger partial charge in [-0.1, -0.05) is 0 Å². The summed E-state index contributed by atoms with van der Waals surface area (Å²) in [5, 5.41) is 16.6. The highest BCUT2D eigenvalue weighted by Gasteiger charge is 2.07. The molecule has 2 nitrogen and oxygen atoms in total. The summed E-state index contributed by atoms with van der Waals surface area (Å²) >= 11 is 1.75. The van der Waals surface area contributed by atoms with Crippen molar-refractivity contribution >= 4 is 11.3 Å². The van der Waals surface area contributed by atoms with Crippen molar-refractivity contribution in [2.45, 2.75) is 45.2 Å². The molecule has 0 bridgehead atoms. The second-order valence-corrected chi connectivity index (χ2v) is 4.95. The molecule has 2 N–H and O–H groups in total. The van der Waals surface area contributed by atoms with E-state index >= 15 is 0 Å². The molecule has 0 aromatic carbocycles. The summed E-state index contributed by atoms with van der Waals surface area (Å²) in [5.41, 5.74) is 1.41. The van der Waals surface area contributed by atoms with Gasteiger partial charge in [-0.05, 0) is 55.5 Å². The Morgan fingerprint density at radius 3 is 2.80 bits per heavy atom. The van der Waals surface area contributed by atoms with Crippen LogP contribution >= 0.6 is 11.3 Å². The second-order valence-electron chi connectivity index (χ2n) is 4.17. The molecule has 0 saturated heterocycles.